The summed E-state index contributed by atoms with van der Waals surface area (Å²) in [5, 5.41) is 0.402. The van der Waals surface area contributed by atoms with Crippen molar-refractivity contribution >= 4 is 22.7 Å². The molecule has 1 nitrogen and oxygen atoms in total. The zero-order valence-corrected chi connectivity index (χ0v) is 12.1. The molecule has 3 rings (SSSR count). The maximum absolute atomic E-state index is 13.5. The second-order valence-electron chi connectivity index (χ2n) is 4.82. The van der Waals surface area contributed by atoms with Crippen molar-refractivity contribution in [2.75, 3.05) is 0 Å². The number of hydrogen-bond donors (Lipinski definition) is 0. The molecule has 0 bridgehead atoms. The van der Waals surface area contributed by atoms with Gasteiger partial charge in [-0.05, 0) is 35.5 Å². The summed E-state index contributed by atoms with van der Waals surface area (Å²) in [4.78, 5) is 0.0819. The van der Waals surface area contributed by atoms with Crippen LogP contribution in [0.15, 0.2) is 59.6 Å². The van der Waals surface area contributed by atoms with Crippen LogP contribution < -0.4 is 0 Å². The van der Waals surface area contributed by atoms with E-state index < -0.39 is 11.3 Å². The highest BCUT2D eigenvalue weighted by Crippen LogP contribution is 2.41. The van der Waals surface area contributed by atoms with Gasteiger partial charge in [0.2, 0.25) is 0 Å². The van der Waals surface area contributed by atoms with Gasteiger partial charge in [0.1, 0.15) is 5.82 Å². The molecule has 0 saturated heterocycles. The highest BCUT2D eigenvalue weighted by molar-refractivity contribution is 8.00. The van der Waals surface area contributed by atoms with Crippen molar-refractivity contribution in [2.45, 2.75) is 16.9 Å². The third-order valence-electron chi connectivity index (χ3n) is 3.23. The van der Waals surface area contributed by atoms with E-state index >= 15 is 0 Å². The quantitative estimate of drug-likeness (QED) is 0.458. The van der Waals surface area contributed by atoms with Crippen LogP contribution in [0.25, 0.3) is 10.9 Å². The van der Waals surface area contributed by atoms with E-state index in [4.69, 9.17) is 0 Å². The molecule has 1 heterocycles. The molecule has 0 unspecified atom stereocenters. The smallest absolute Gasteiger partial charge is 0.342 e. The van der Waals surface area contributed by atoms with Crippen molar-refractivity contribution < 1.29 is 17.6 Å². The van der Waals surface area contributed by atoms with Gasteiger partial charge in [-0.2, -0.15) is 13.2 Å². The van der Waals surface area contributed by atoms with Gasteiger partial charge >= 0.3 is 5.51 Å². The summed E-state index contributed by atoms with van der Waals surface area (Å²) < 4.78 is 53.1. The van der Waals surface area contributed by atoms with Crippen LogP contribution in [0, 0.1) is 5.82 Å². The normalized spacial score (nSPS) is 12.0. The summed E-state index contributed by atoms with van der Waals surface area (Å²) in [6.07, 6.45) is 1.43. The van der Waals surface area contributed by atoms with E-state index in [-0.39, 0.29) is 16.7 Å². The Bertz CT molecular complexity index is 793. The Labute approximate surface area is 128 Å². The number of nitrogens with zero attached hydrogens (tertiary/aromatic N) is 1. The molecule has 0 N–H and O–H groups in total. The maximum atomic E-state index is 13.5. The van der Waals surface area contributed by atoms with E-state index in [0.29, 0.717) is 17.4 Å². The van der Waals surface area contributed by atoms with Crippen molar-refractivity contribution in [3.63, 3.8) is 0 Å². The average Bonchev–Trinajstić information content (AvgIpc) is 2.75. The van der Waals surface area contributed by atoms with Gasteiger partial charge in [-0.1, -0.05) is 30.3 Å². The molecule has 0 spiro atoms. The van der Waals surface area contributed by atoms with Gasteiger partial charge in [0, 0.05) is 23.0 Å². The molecule has 0 fully saturated rings. The lowest BCUT2D eigenvalue weighted by Gasteiger charge is -2.05. The highest BCUT2D eigenvalue weighted by atomic mass is 32.2. The predicted molar refractivity (Wildman–Crippen MR) is 79.4 cm³/mol. The van der Waals surface area contributed by atoms with Gasteiger partial charge in [-0.25, -0.2) is 4.39 Å². The average molecular weight is 325 g/mol. The third kappa shape index (κ3) is 3.27. The largest absolute Gasteiger partial charge is 0.446 e. The second kappa shape index (κ2) is 5.68. The number of thioether (sulfide) groups is 1. The molecule has 0 radical (unpaired) electrons. The van der Waals surface area contributed by atoms with E-state index in [0.717, 1.165) is 5.56 Å². The number of aromatic nitrogens is 1. The van der Waals surface area contributed by atoms with Crippen LogP contribution in [0.4, 0.5) is 17.6 Å². The van der Waals surface area contributed by atoms with Gasteiger partial charge in [-0.3, -0.25) is 0 Å². The zero-order chi connectivity index (χ0) is 15.7. The molecule has 6 heteroatoms. The standard InChI is InChI=1S/C16H11F4NS/c17-12-6-7-13-14(8-12)21(9-11-4-2-1-3-5-11)10-15(13)22-16(18,19)20/h1-8,10H,9H2. The lowest BCUT2D eigenvalue weighted by molar-refractivity contribution is -0.0327. The molecule has 0 saturated carbocycles. The molecule has 114 valence electrons. The first kappa shape index (κ1) is 15.0. The monoisotopic (exact) mass is 325 g/mol. The molecule has 22 heavy (non-hydrogen) atoms. The highest BCUT2D eigenvalue weighted by Gasteiger charge is 2.31. The molecule has 3 aromatic rings. The van der Waals surface area contributed by atoms with Crippen molar-refractivity contribution in [3.05, 3.63) is 66.1 Å². The Balaban J connectivity index is 2.07. The maximum Gasteiger partial charge on any atom is 0.446 e. The van der Waals surface area contributed by atoms with Gasteiger partial charge < -0.3 is 4.57 Å². The van der Waals surface area contributed by atoms with Gasteiger partial charge in [0.15, 0.2) is 0 Å². The molecule has 0 aliphatic rings. The number of fused-ring (bicyclic) bond motifs is 1. The second-order valence-corrected chi connectivity index (χ2v) is 5.92. The Morgan fingerprint density at radius 1 is 1.00 bits per heavy atom. The Hall–Kier alpha value is -1.95. The summed E-state index contributed by atoms with van der Waals surface area (Å²) in [5.41, 5.74) is -2.98. The molecule has 1 aromatic heterocycles. The first-order valence-electron chi connectivity index (χ1n) is 6.50. The summed E-state index contributed by atoms with van der Waals surface area (Å²) in [6.45, 7) is 0.388. The van der Waals surface area contributed by atoms with Crippen molar-refractivity contribution in [1.29, 1.82) is 0 Å². The minimum absolute atomic E-state index is 0.0819. The van der Waals surface area contributed by atoms with E-state index in [9.17, 15) is 17.6 Å². The number of halogens is 4. The van der Waals surface area contributed by atoms with E-state index in [1.807, 2.05) is 30.3 Å². The topological polar surface area (TPSA) is 4.93 Å². The molecular formula is C16H11F4NS. The number of hydrogen-bond acceptors (Lipinski definition) is 1. The lowest BCUT2D eigenvalue weighted by atomic mass is 10.2. The molecule has 0 amide bonds. The summed E-state index contributed by atoms with van der Waals surface area (Å²) in [6, 6.07) is 13.2. The lowest BCUT2D eigenvalue weighted by Crippen LogP contribution is -1.99. The molecular weight excluding hydrogens is 314 g/mol. The Morgan fingerprint density at radius 3 is 2.41 bits per heavy atom. The van der Waals surface area contributed by atoms with Crippen molar-refractivity contribution in [3.8, 4) is 0 Å². The van der Waals surface area contributed by atoms with Crippen LogP contribution in [0.1, 0.15) is 5.56 Å². The summed E-state index contributed by atoms with van der Waals surface area (Å²) >= 11 is -0.176. The van der Waals surface area contributed by atoms with Crippen molar-refractivity contribution in [1.82, 2.24) is 4.57 Å². The first-order chi connectivity index (χ1) is 10.4. The number of benzene rings is 2. The van der Waals surface area contributed by atoms with Crippen LogP contribution in [0.2, 0.25) is 0 Å². The fourth-order valence-corrected chi connectivity index (χ4v) is 3.06. The minimum Gasteiger partial charge on any atom is -0.342 e. The fraction of sp³-hybridized carbons (Fsp3) is 0.125. The first-order valence-corrected chi connectivity index (χ1v) is 7.32. The van der Waals surface area contributed by atoms with Crippen LogP contribution in [0.5, 0.6) is 0 Å². The van der Waals surface area contributed by atoms with Crippen LogP contribution >= 0.6 is 11.8 Å². The van der Waals surface area contributed by atoms with Gasteiger partial charge in [0.25, 0.3) is 0 Å². The third-order valence-corrected chi connectivity index (χ3v) is 4.01. The number of rotatable bonds is 3. The number of alkyl halides is 3. The van der Waals surface area contributed by atoms with Crippen molar-refractivity contribution in [2.24, 2.45) is 0 Å². The summed E-state index contributed by atoms with van der Waals surface area (Å²) in [5.74, 6) is -0.469. The fourth-order valence-electron chi connectivity index (χ4n) is 2.35. The SMILES string of the molecule is Fc1ccc2c(SC(F)(F)F)cn(Cc3ccccc3)c2c1. The predicted octanol–water partition coefficient (Wildman–Crippen LogP) is 5.44. The molecule has 0 aliphatic heterocycles. The zero-order valence-electron chi connectivity index (χ0n) is 11.3. The van der Waals surface area contributed by atoms with Crippen LogP contribution in [-0.4, -0.2) is 10.1 Å². The van der Waals surface area contributed by atoms with Crippen LogP contribution in [-0.2, 0) is 6.54 Å². The van der Waals surface area contributed by atoms with E-state index in [1.165, 1.54) is 24.4 Å². The molecule has 0 atom stereocenters. The van der Waals surface area contributed by atoms with E-state index in [2.05, 4.69) is 0 Å². The Morgan fingerprint density at radius 2 is 1.73 bits per heavy atom. The minimum atomic E-state index is -4.37. The molecule has 2 aromatic carbocycles. The molecule has 0 aliphatic carbocycles. The summed E-state index contributed by atoms with van der Waals surface area (Å²) in [7, 11) is 0. The van der Waals surface area contributed by atoms with Crippen LogP contribution in [0.3, 0.4) is 0 Å². The van der Waals surface area contributed by atoms with Gasteiger partial charge in [0.05, 0.1) is 5.52 Å². The van der Waals surface area contributed by atoms with Gasteiger partial charge in [-0.15, -0.1) is 0 Å². The van der Waals surface area contributed by atoms with E-state index in [1.54, 1.807) is 4.57 Å². The Kier molecular flexibility index (Phi) is 3.87.